The molecule has 0 spiro atoms. The highest BCUT2D eigenvalue weighted by Gasteiger charge is 2.26. The summed E-state index contributed by atoms with van der Waals surface area (Å²) < 4.78 is 0.695. The Kier molecular flexibility index (Phi) is 5.37. The van der Waals surface area contributed by atoms with Crippen LogP contribution in [0.1, 0.15) is 32.1 Å². The monoisotopic (exact) mass is 342 g/mol. The first-order chi connectivity index (χ1) is 9.63. The van der Waals surface area contributed by atoms with E-state index < -0.39 is 0 Å². The molecule has 1 N–H and O–H groups in total. The third-order valence-electron chi connectivity index (χ3n) is 3.80. The van der Waals surface area contributed by atoms with Crippen molar-refractivity contribution in [3.63, 3.8) is 0 Å². The average Bonchev–Trinajstić information content (AvgIpc) is 2.46. The number of benzene rings is 1. The summed E-state index contributed by atoms with van der Waals surface area (Å²) in [5.41, 5.74) is 0.706. The van der Waals surface area contributed by atoms with Gasteiger partial charge in [-0.3, -0.25) is 10.1 Å². The minimum atomic E-state index is -0.354. The molecule has 2 rings (SSSR count). The van der Waals surface area contributed by atoms with Gasteiger partial charge in [0.25, 0.3) is 5.69 Å². The predicted molar refractivity (Wildman–Crippen MR) is 82.1 cm³/mol. The first-order valence-corrected chi connectivity index (χ1v) is 7.74. The van der Waals surface area contributed by atoms with Crippen molar-refractivity contribution in [3.05, 3.63) is 32.8 Å². The van der Waals surface area contributed by atoms with Crippen molar-refractivity contribution in [2.75, 3.05) is 18.1 Å². The molecule has 1 fully saturated rings. The number of hydrogen-bond acceptors (Lipinski definition) is 4. The lowest BCUT2D eigenvalue weighted by molar-refractivity contribution is -0.384. The molecule has 20 heavy (non-hydrogen) atoms. The van der Waals surface area contributed by atoms with Crippen LogP contribution in [-0.4, -0.2) is 29.2 Å². The molecule has 1 aromatic rings. The van der Waals surface area contributed by atoms with Crippen LogP contribution in [0.2, 0.25) is 0 Å². The summed E-state index contributed by atoms with van der Waals surface area (Å²) in [7, 11) is 0. The van der Waals surface area contributed by atoms with Gasteiger partial charge in [-0.25, -0.2) is 0 Å². The van der Waals surface area contributed by atoms with E-state index in [-0.39, 0.29) is 23.3 Å². The average molecular weight is 343 g/mol. The predicted octanol–water partition coefficient (Wildman–Crippen LogP) is 3.49. The lowest BCUT2D eigenvalue weighted by atomic mass is 9.93. The molecule has 0 aromatic heterocycles. The van der Waals surface area contributed by atoms with Gasteiger partial charge in [0.15, 0.2) is 0 Å². The second kappa shape index (κ2) is 7.04. The van der Waals surface area contributed by atoms with Crippen LogP contribution in [0.3, 0.4) is 0 Å². The molecular formula is C14H19BrN2O3. The highest BCUT2D eigenvalue weighted by atomic mass is 79.9. The maximum absolute atomic E-state index is 11.3. The maximum Gasteiger partial charge on any atom is 0.293 e. The molecule has 1 aliphatic rings. The summed E-state index contributed by atoms with van der Waals surface area (Å²) >= 11 is 3.28. The zero-order valence-corrected chi connectivity index (χ0v) is 12.9. The topological polar surface area (TPSA) is 66.6 Å². The third kappa shape index (κ3) is 3.49. The zero-order valence-electron chi connectivity index (χ0n) is 11.3. The van der Waals surface area contributed by atoms with Gasteiger partial charge in [-0.05, 0) is 25.0 Å². The van der Waals surface area contributed by atoms with Gasteiger partial charge in [0.05, 0.1) is 11.5 Å². The van der Waals surface area contributed by atoms with E-state index in [0.29, 0.717) is 16.7 Å². The van der Waals surface area contributed by atoms with E-state index in [9.17, 15) is 15.2 Å². The van der Waals surface area contributed by atoms with Gasteiger partial charge < -0.3 is 10.0 Å². The Morgan fingerprint density at radius 3 is 2.65 bits per heavy atom. The lowest BCUT2D eigenvalue weighted by Crippen LogP contribution is -2.39. The van der Waals surface area contributed by atoms with Crippen molar-refractivity contribution in [2.24, 2.45) is 0 Å². The smallest absolute Gasteiger partial charge is 0.293 e. The number of rotatable bonds is 5. The summed E-state index contributed by atoms with van der Waals surface area (Å²) in [4.78, 5) is 12.9. The number of hydrogen-bond donors (Lipinski definition) is 1. The van der Waals surface area contributed by atoms with E-state index >= 15 is 0 Å². The van der Waals surface area contributed by atoms with E-state index in [0.717, 1.165) is 25.7 Å². The highest BCUT2D eigenvalue weighted by molar-refractivity contribution is 9.10. The van der Waals surface area contributed by atoms with Crippen molar-refractivity contribution in [1.29, 1.82) is 0 Å². The standard InChI is InChI=1S/C14H19BrN2O3/c15-11-6-7-13(14(10-11)17(19)20)16(8-9-18)12-4-2-1-3-5-12/h6-7,10,12,18H,1-5,8-9H2. The van der Waals surface area contributed by atoms with Crippen molar-refractivity contribution in [1.82, 2.24) is 0 Å². The molecule has 0 bridgehead atoms. The number of nitro benzene ring substituents is 1. The maximum atomic E-state index is 11.3. The van der Waals surface area contributed by atoms with Crippen LogP contribution >= 0.6 is 15.9 Å². The molecule has 0 saturated heterocycles. The Balaban J connectivity index is 2.35. The first-order valence-electron chi connectivity index (χ1n) is 6.95. The quantitative estimate of drug-likeness (QED) is 0.656. The molecule has 5 nitrogen and oxygen atoms in total. The highest BCUT2D eigenvalue weighted by Crippen LogP contribution is 2.35. The van der Waals surface area contributed by atoms with E-state index in [1.54, 1.807) is 6.07 Å². The molecule has 0 radical (unpaired) electrons. The molecule has 1 aromatic carbocycles. The lowest BCUT2D eigenvalue weighted by Gasteiger charge is -2.35. The molecule has 1 saturated carbocycles. The van der Waals surface area contributed by atoms with E-state index in [4.69, 9.17) is 0 Å². The second-order valence-electron chi connectivity index (χ2n) is 5.10. The van der Waals surface area contributed by atoms with E-state index in [1.165, 1.54) is 12.5 Å². The Bertz CT molecular complexity index is 475. The number of nitrogens with zero attached hydrogens (tertiary/aromatic N) is 2. The van der Waals surface area contributed by atoms with Gasteiger partial charge in [-0.15, -0.1) is 0 Å². The van der Waals surface area contributed by atoms with Gasteiger partial charge in [0.2, 0.25) is 0 Å². The molecular weight excluding hydrogens is 324 g/mol. The minimum Gasteiger partial charge on any atom is -0.395 e. The van der Waals surface area contributed by atoms with Gasteiger partial charge >= 0.3 is 0 Å². The van der Waals surface area contributed by atoms with Gasteiger partial charge in [-0.2, -0.15) is 0 Å². The fraction of sp³-hybridized carbons (Fsp3) is 0.571. The third-order valence-corrected chi connectivity index (χ3v) is 4.29. The van der Waals surface area contributed by atoms with Crippen molar-refractivity contribution in [2.45, 2.75) is 38.1 Å². The number of aliphatic hydroxyl groups excluding tert-OH is 1. The van der Waals surface area contributed by atoms with Crippen molar-refractivity contribution < 1.29 is 10.0 Å². The molecule has 0 heterocycles. The van der Waals surface area contributed by atoms with Gasteiger partial charge in [0.1, 0.15) is 5.69 Å². The van der Waals surface area contributed by atoms with Crippen molar-refractivity contribution in [3.8, 4) is 0 Å². The van der Waals surface area contributed by atoms with Crippen LogP contribution < -0.4 is 4.90 Å². The Morgan fingerprint density at radius 1 is 1.35 bits per heavy atom. The van der Waals surface area contributed by atoms with Gasteiger partial charge in [-0.1, -0.05) is 35.2 Å². The number of halogens is 1. The zero-order chi connectivity index (χ0) is 14.5. The largest absolute Gasteiger partial charge is 0.395 e. The van der Waals surface area contributed by atoms with Crippen LogP contribution in [-0.2, 0) is 0 Å². The SMILES string of the molecule is O=[N+]([O-])c1cc(Br)ccc1N(CCO)C1CCCCC1. The number of anilines is 1. The van der Waals surface area contributed by atoms with Crippen LogP contribution in [0.4, 0.5) is 11.4 Å². The van der Waals surface area contributed by atoms with Crippen molar-refractivity contribution >= 4 is 27.3 Å². The molecule has 0 aliphatic heterocycles. The molecule has 0 atom stereocenters. The van der Waals surface area contributed by atoms with E-state index in [2.05, 4.69) is 15.9 Å². The van der Waals surface area contributed by atoms with Crippen LogP contribution in [0.25, 0.3) is 0 Å². The fourth-order valence-corrected chi connectivity index (χ4v) is 3.23. The molecule has 110 valence electrons. The Labute approximate surface area is 126 Å². The van der Waals surface area contributed by atoms with Crippen LogP contribution in [0.15, 0.2) is 22.7 Å². The molecule has 0 amide bonds. The summed E-state index contributed by atoms with van der Waals surface area (Å²) in [6, 6.07) is 5.40. The second-order valence-corrected chi connectivity index (χ2v) is 6.01. The summed E-state index contributed by atoms with van der Waals surface area (Å²) in [6.45, 7) is 0.441. The Morgan fingerprint density at radius 2 is 2.05 bits per heavy atom. The number of nitro groups is 1. The van der Waals surface area contributed by atoms with Crippen LogP contribution in [0.5, 0.6) is 0 Å². The molecule has 6 heteroatoms. The summed E-state index contributed by atoms with van der Waals surface area (Å²) in [5.74, 6) is 0. The minimum absolute atomic E-state index is 0.00369. The van der Waals surface area contributed by atoms with Crippen LogP contribution in [0, 0.1) is 10.1 Å². The number of aliphatic hydroxyl groups is 1. The van der Waals surface area contributed by atoms with Gasteiger partial charge in [0, 0.05) is 23.1 Å². The van der Waals surface area contributed by atoms with E-state index in [1.807, 2.05) is 11.0 Å². The molecule has 0 unspecified atom stereocenters. The summed E-state index contributed by atoms with van der Waals surface area (Å²) in [5, 5.41) is 20.6. The fourth-order valence-electron chi connectivity index (χ4n) is 2.89. The molecule has 1 aliphatic carbocycles. The first kappa shape index (κ1) is 15.3. The summed E-state index contributed by atoms with van der Waals surface area (Å²) in [6.07, 6.45) is 5.60. The Hall–Kier alpha value is -1.14. The normalized spacial score (nSPS) is 16.1.